The van der Waals surface area contributed by atoms with Crippen LogP contribution in [0.4, 0.5) is 5.69 Å². The maximum atomic E-state index is 6.15. The van der Waals surface area contributed by atoms with Crippen molar-refractivity contribution in [3.8, 4) is 0 Å². The van der Waals surface area contributed by atoms with Gasteiger partial charge in [0, 0.05) is 12.2 Å². The van der Waals surface area contributed by atoms with Crippen LogP contribution in [-0.4, -0.2) is 11.0 Å². The predicted octanol–water partition coefficient (Wildman–Crippen LogP) is 4.42. The minimum Gasteiger partial charge on any atom is -0.380 e. The molecule has 0 bridgehead atoms. The number of anilines is 1. The fourth-order valence-corrected chi connectivity index (χ4v) is 2.98. The van der Waals surface area contributed by atoms with Gasteiger partial charge in [0.15, 0.2) is 5.15 Å². The SMILES string of the molecule is Cc1ccnc(Cl)c1NC1CCCC(C)(C)C1. The van der Waals surface area contributed by atoms with Crippen molar-refractivity contribution >= 4 is 17.3 Å². The Labute approximate surface area is 109 Å². The highest BCUT2D eigenvalue weighted by atomic mass is 35.5. The molecular weight excluding hydrogens is 232 g/mol. The van der Waals surface area contributed by atoms with Gasteiger partial charge in [-0.15, -0.1) is 0 Å². The van der Waals surface area contributed by atoms with Crippen LogP contribution in [0.2, 0.25) is 5.15 Å². The van der Waals surface area contributed by atoms with E-state index in [1.165, 1.54) is 31.2 Å². The smallest absolute Gasteiger partial charge is 0.152 e. The topological polar surface area (TPSA) is 24.9 Å². The molecule has 1 N–H and O–H groups in total. The second kappa shape index (κ2) is 4.85. The van der Waals surface area contributed by atoms with Gasteiger partial charge in [-0.05, 0) is 43.2 Å². The van der Waals surface area contributed by atoms with Crippen molar-refractivity contribution in [1.82, 2.24) is 4.98 Å². The van der Waals surface area contributed by atoms with Crippen LogP contribution in [0.15, 0.2) is 12.3 Å². The van der Waals surface area contributed by atoms with Crippen LogP contribution < -0.4 is 5.32 Å². The zero-order chi connectivity index (χ0) is 12.5. The number of nitrogens with one attached hydrogen (secondary N) is 1. The Morgan fingerprint density at radius 2 is 2.24 bits per heavy atom. The lowest BCUT2D eigenvalue weighted by Gasteiger charge is -2.36. The standard InChI is InChI=1S/C14H21ClN2/c1-10-6-8-16-13(15)12(10)17-11-5-4-7-14(2,3)9-11/h6,8,11,17H,4-5,7,9H2,1-3H3. The average molecular weight is 253 g/mol. The molecule has 17 heavy (non-hydrogen) atoms. The highest BCUT2D eigenvalue weighted by Crippen LogP contribution is 2.37. The van der Waals surface area contributed by atoms with Crippen molar-refractivity contribution < 1.29 is 0 Å². The summed E-state index contributed by atoms with van der Waals surface area (Å²) in [5.41, 5.74) is 2.63. The Hall–Kier alpha value is -0.760. The molecule has 0 aromatic carbocycles. The number of hydrogen-bond donors (Lipinski definition) is 1. The highest BCUT2D eigenvalue weighted by Gasteiger charge is 2.28. The van der Waals surface area contributed by atoms with E-state index >= 15 is 0 Å². The summed E-state index contributed by atoms with van der Waals surface area (Å²) in [5, 5.41) is 4.17. The first-order valence-electron chi connectivity index (χ1n) is 6.36. The maximum Gasteiger partial charge on any atom is 0.152 e. The Kier molecular flexibility index (Phi) is 3.62. The van der Waals surface area contributed by atoms with Crippen molar-refractivity contribution in [2.75, 3.05) is 5.32 Å². The zero-order valence-corrected chi connectivity index (χ0v) is 11.6. The predicted molar refractivity (Wildman–Crippen MR) is 73.6 cm³/mol. The third-order valence-corrected chi connectivity index (χ3v) is 3.95. The summed E-state index contributed by atoms with van der Waals surface area (Å²) >= 11 is 6.15. The second-order valence-electron chi connectivity index (χ2n) is 5.90. The van der Waals surface area contributed by atoms with Crippen molar-refractivity contribution in [3.63, 3.8) is 0 Å². The number of aromatic nitrogens is 1. The van der Waals surface area contributed by atoms with Crippen molar-refractivity contribution in [2.24, 2.45) is 5.41 Å². The first kappa shape index (κ1) is 12.7. The molecule has 94 valence electrons. The lowest BCUT2D eigenvalue weighted by molar-refractivity contribution is 0.229. The molecule has 1 aromatic heterocycles. The molecule has 3 heteroatoms. The molecule has 0 radical (unpaired) electrons. The highest BCUT2D eigenvalue weighted by molar-refractivity contribution is 6.32. The normalized spacial score (nSPS) is 23.4. The van der Waals surface area contributed by atoms with Gasteiger partial charge in [-0.1, -0.05) is 31.9 Å². The van der Waals surface area contributed by atoms with Crippen LogP contribution in [0.25, 0.3) is 0 Å². The second-order valence-corrected chi connectivity index (χ2v) is 6.25. The first-order chi connectivity index (χ1) is 7.98. The molecule has 0 amide bonds. The van der Waals surface area contributed by atoms with E-state index in [0.717, 1.165) is 5.69 Å². The minimum atomic E-state index is 0.443. The van der Waals surface area contributed by atoms with Crippen molar-refractivity contribution in [2.45, 2.75) is 52.5 Å². The third kappa shape index (κ3) is 3.12. The molecule has 1 heterocycles. The van der Waals surface area contributed by atoms with Gasteiger partial charge < -0.3 is 5.32 Å². The number of hydrogen-bond acceptors (Lipinski definition) is 2. The molecule has 1 aliphatic rings. The number of halogens is 1. The van der Waals surface area contributed by atoms with Gasteiger partial charge in [0.1, 0.15) is 0 Å². The average Bonchev–Trinajstić information content (AvgIpc) is 2.22. The Bertz CT molecular complexity index is 381. The molecule has 1 saturated carbocycles. The summed E-state index contributed by atoms with van der Waals surface area (Å²) < 4.78 is 0. The molecule has 2 nitrogen and oxygen atoms in total. The van der Waals surface area contributed by atoms with Crippen LogP contribution in [-0.2, 0) is 0 Å². The van der Waals surface area contributed by atoms with Gasteiger partial charge in [-0.3, -0.25) is 0 Å². The van der Waals surface area contributed by atoms with E-state index in [-0.39, 0.29) is 0 Å². The molecule has 0 aliphatic heterocycles. The molecule has 0 spiro atoms. The lowest BCUT2D eigenvalue weighted by Crippen LogP contribution is -2.32. The summed E-state index contributed by atoms with van der Waals surface area (Å²) in [6.07, 6.45) is 6.81. The van der Waals surface area contributed by atoms with Crippen LogP contribution in [0.1, 0.15) is 45.1 Å². The summed E-state index contributed by atoms with van der Waals surface area (Å²) in [6, 6.07) is 2.53. The first-order valence-corrected chi connectivity index (χ1v) is 6.73. The largest absolute Gasteiger partial charge is 0.380 e. The Balaban J connectivity index is 2.10. The third-order valence-electron chi connectivity index (χ3n) is 3.67. The van der Waals surface area contributed by atoms with Crippen molar-refractivity contribution in [3.05, 3.63) is 23.0 Å². The molecule has 1 aliphatic carbocycles. The lowest BCUT2D eigenvalue weighted by atomic mass is 9.75. The Morgan fingerprint density at radius 1 is 1.47 bits per heavy atom. The van der Waals surface area contributed by atoms with E-state index in [4.69, 9.17) is 11.6 Å². The molecule has 1 aromatic rings. The van der Waals surface area contributed by atoms with Gasteiger partial charge in [0.05, 0.1) is 5.69 Å². The van der Waals surface area contributed by atoms with Gasteiger partial charge >= 0.3 is 0 Å². The van der Waals surface area contributed by atoms with Crippen molar-refractivity contribution in [1.29, 1.82) is 0 Å². The van der Waals surface area contributed by atoms with E-state index < -0.39 is 0 Å². The fourth-order valence-electron chi connectivity index (χ4n) is 2.72. The molecular formula is C14H21ClN2. The Morgan fingerprint density at radius 3 is 2.88 bits per heavy atom. The van der Waals surface area contributed by atoms with Crippen LogP contribution >= 0.6 is 11.6 Å². The van der Waals surface area contributed by atoms with Crippen LogP contribution in [0.5, 0.6) is 0 Å². The molecule has 2 rings (SSSR count). The summed E-state index contributed by atoms with van der Waals surface area (Å²) in [4.78, 5) is 4.14. The van der Waals surface area contributed by atoms with E-state index in [2.05, 4.69) is 31.1 Å². The maximum absolute atomic E-state index is 6.15. The zero-order valence-electron chi connectivity index (χ0n) is 10.9. The fraction of sp³-hybridized carbons (Fsp3) is 0.643. The number of pyridine rings is 1. The minimum absolute atomic E-state index is 0.443. The number of nitrogens with zero attached hydrogens (tertiary/aromatic N) is 1. The van der Waals surface area contributed by atoms with E-state index in [1.54, 1.807) is 6.20 Å². The molecule has 1 atom stereocenters. The van der Waals surface area contributed by atoms with Gasteiger partial charge in [-0.2, -0.15) is 0 Å². The van der Waals surface area contributed by atoms with Gasteiger partial charge in [0.2, 0.25) is 0 Å². The van der Waals surface area contributed by atoms with E-state index in [1.807, 2.05) is 6.07 Å². The van der Waals surface area contributed by atoms with Gasteiger partial charge in [0.25, 0.3) is 0 Å². The quantitative estimate of drug-likeness (QED) is 0.788. The van der Waals surface area contributed by atoms with Crippen LogP contribution in [0.3, 0.4) is 0 Å². The van der Waals surface area contributed by atoms with E-state index in [9.17, 15) is 0 Å². The molecule has 1 unspecified atom stereocenters. The molecule has 1 fully saturated rings. The summed E-state index contributed by atoms with van der Waals surface area (Å²) in [7, 11) is 0. The molecule has 0 saturated heterocycles. The monoisotopic (exact) mass is 252 g/mol. The van der Waals surface area contributed by atoms with E-state index in [0.29, 0.717) is 16.6 Å². The summed E-state index contributed by atoms with van der Waals surface area (Å²) in [6.45, 7) is 6.76. The number of aryl methyl sites for hydroxylation is 1. The van der Waals surface area contributed by atoms with Crippen LogP contribution in [0, 0.1) is 12.3 Å². The summed E-state index contributed by atoms with van der Waals surface area (Å²) in [5.74, 6) is 0. The van der Waals surface area contributed by atoms with Gasteiger partial charge in [-0.25, -0.2) is 4.98 Å². The number of rotatable bonds is 2.